The highest BCUT2D eigenvalue weighted by molar-refractivity contribution is 5.88. The molecule has 2 heterocycles. The first-order valence-corrected chi connectivity index (χ1v) is 15.2. The van der Waals surface area contributed by atoms with Gasteiger partial charge < -0.3 is 4.74 Å². The van der Waals surface area contributed by atoms with Crippen molar-refractivity contribution in [1.82, 2.24) is 14.5 Å². The SMILES string of the molecule is CCCCCCCCCCCCCCc1ncc(C(=O)OCCCCCCCCn2cc[n+](C)c2)cn1. The Balaban J connectivity index is 1.40. The number of carbonyl (C=O) groups is 1. The van der Waals surface area contributed by atoms with E-state index < -0.39 is 0 Å². The molecule has 0 saturated heterocycles. The van der Waals surface area contributed by atoms with E-state index in [2.05, 4.69) is 44.7 Å². The van der Waals surface area contributed by atoms with Crippen molar-refractivity contribution in [2.24, 2.45) is 7.05 Å². The quantitative estimate of drug-likeness (QED) is 0.0874. The van der Waals surface area contributed by atoms with Crippen molar-refractivity contribution in [2.75, 3.05) is 6.61 Å². The highest BCUT2D eigenvalue weighted by Gasteiger charge is 2.09. The minimum absolute atomic E-state index is 0.309. The third-order valence-electron chi connectivity index (χ3n) is 7.06. The monoisotopic (exact) mass is 513 g/mol. The van der Waals surface area contributed by atoms with Crippen LogP contribution in [-0.2, 0) is 24.8 Å². The predicted molar refractivity (Wildman–Crippen MR) is 150 cm³/mol. The van der Waals surface area contributed by atoms with Crippen molar-refractivity contribution in [3.63, 3.8) is 0 Å². The molecule has 0 fully saturated rings. The van der Waals surface area contributed by atoms with E-state index in [0.29, 0.717) is 12.2 Å². The molecule has 6 nitrogen and oxygen atoms in total. The summed E-state index contributed by atoms with van der Waals surface area (Å²) >= 11 is 0. The van der Waals surface area contributed by atoms with E-state index in [4.69, 9.17) is 4.74 Å². The molecule has 0 spiro atoms. The Morgan fingerprint density at radius 1 is 0.784 bits per heavy atom. The maximum Gasteiger partial charge on any atom is 0.341 e. The molecule has 0 saturated carbocycles. The van der Waals surface area contributed by atoms with Crippen LogP contribution in [-0.4, -0.2) is 27.1 Å². The number of hydrogen-bond donors (Lipinski definition) is 0. The summed E-state index contributed by atoms with van der Waals surface area (Å²) in [6.07, 6.45) is 33.4. The number of aryl methyl sites for hydroxylation is 3. The molecule has 0 amide bonds. The van der Waals surface area contributed by atoms with Gasteiger partial charge in [-0.3, -0.25) is 0 Å². The second-order valence-corrected chi connectivity index (χ2v) is 10.6. The summed E-state index contributed by atoms with van der Waals surface area (Å²) < 4.78 is 9.71. The highest BCUT2D eigenvalue weighted by atomic mass is 16.5. The van der Waals surface area contributed by atoms with Crippen LogP contribution in [0.2, 0.25) is 0 Å². The molecule has 0 unspecified atom stereocenters. The average molecular weight is 514 g/mol. The molecular weight excluding hydrogens is 460 g/mol. The number of nitrogens with zero attached hydrogens (tertiary/aromatic N) is 4. The largest absolute Gasteiger partial charge is 0.462 e. The second-order valence-electron chi connectivity index (χ2n) is 10.6. The fraction of sp³-hybridized carbons (Fsp3) is 0.742. The molecule has 0 radical (unpaired) electrons. The molecule has 0 aliphatic heterocycles. The molecule has 2 rings (SSSR count). The third kappa shape index (κ3) is 15.6. The topological polar surface area (TPSA) is 60.9 Å². The Labute approximate surface area is 226 Å². The lowest BCUT2D eigenvalue weighted by Gasteiger charge is -2.06. The van der Waals surface area contributed by atoms with Gasteiger partial charge in [0.25, 0.3) is 0 Å². The summed E-state index contributed by atoms with van der Waals surface area (Å²) in [6.45, 7) is 3.83. The Bertz CT molecular complexity index is 819. The molecule has 6 heteroatoms. The molecule has 2 aromatic heterocycles. The van der Waals surface area contributed by atoms with Gasteiger partial charge in [-0.1, -0.05) is 96.8 Å². The standard InChI is InChI=1S/C31H53N4O2/c1-3-4-5-6-7-8-9-10-11-12-15-18-21-30-32-26-29(27-33-30)31(36)37-25-20-17-14-13-16-19-22-35-24-23-34(2)28-35/h23-24,26-28H,3-22,25H2,1-2H3/q+1. The van der Waals surface area contributed by atoms with Gasteiger partial charge in [0, 0.05) is 18.8 Å². The lowest BCUT2D eigenvalue weighted by molar-refractivity contribution is -0.671. The first-order chi connectivity index (χ1) is 18.2. The molecule has 2 aromatic rings. The molecule has 0 atom stereocenters. The Kier molecular flexibility index (Phi) is 17.4. The Morgan fingerprint density at radius 3 is 1.89 bits per heavy atom. The van der Waals surface area contributed by atoms with Gasteiger partial charge in [-0.15, -0.1) is 0 Å². The number of unbranched alkanes of at least 4 members (excludes halogenated alkanes) is 16. The van der Waals surface area contributed by atoms with Crippen molar-refractivity contribution in [2.45, 2.75) is 135 Å². The van der Waals surface area contributed by atoms with E-state index in [9.17, 15) is 4.79 Å². The van der Waals surface area contributed by atoms with E-state index in [1.807, 2.05) is 7.05 Å². The summed E-state index contributed by atoms with van der Waals surface area (Å²) in [5.74, 6) is 0.520. The zero-order chi connectivity index (χ0) is 26.4. The number of imidazole rings is 1. The van der Waals surface area contributed by atoms with Crippen LogP contribution < -0.4 is 4.57 Å². The van der Waals surface area contributed by atoms with Crippen molar-refractivity contribution >= 4 is 5.97 Å². The summed E-state index contributed by atoms with van der Waals surface area (Å²) in [5, 5.41) is 0. The molecular formula is C31H53N4O2+. The molecule has 208 valence electrons. The number of hydrogen-bond acceptors (Lipinski definition) is 4. The fourth-order valence-corrected chi connectivity index (χ4v) is 4.70. The van der Waals surface area contributed by atoms with Crippen LogP contribution in [0.5, 0.6) is 0 Å². The van der Waals surface area contributed by atoms with E-state index >= 15 is 0 Å². The maximum atomic E-state index is 12.2. The minimum Gasteiger partial charge on any atom is -0.462 e. The number of ether oxygens (including phenoxy) is 1. The average Bonchev–Trinajstić information content (AvgIpc) is 3.33. The van der Waals surface area contributed by atoms with Crippen LogP contribution >= 0.6 is 0 Å². The summed E-state index contributed by atoms with van der Waals surface area (Å²) in [4.78, 5) is 21.0. The molecule has 0 aliphatic rings. The van der Waals surface area contributed by atoms with Gasteiger partial charge >= 0.3 is 5.97 Å². The van der Waals surface area contributed by atoms with Crippen LogP contribution in [0.3, 0.4) is 0 Å². The van der Waals surface area contributed by atoms with E-state index in [-0.39, 0.29) is 5.97 Å². The van der Waals surface area contributed by atoms with E-state index in [1.54, 1.807) is 12.4 Å². The third-order valence-corrected chi connectivity index (χ3v) is 7.06. The zero-order valence-electron chi connectivity index (χ0n) is 23.8. The van der Waals surface area contributed by atoms with Crippen LogP contribution in [0, 0.1) is 0 Å². The van der Waals surface area contributed by atoms with Crippen molar-refractivity contribution in [1.29, 1.82) is 0 Å². The number of rotatable bonds is 23. The summed E-state index contributed by atoms with van der Waals surface area (Å²) in [6, 6.07) is 0. The van der Waals surface area contributed by atoms with Gasteiger partial charge in [-0.25, -0.2) is 23.9 Å². The number of aromatic nitrogens is 4. The van der Waals surface area contributed by atoms with Gasteiger partial charge in [-0.05, 0) is 25.7 Å². The van der Waals surface area contributed by atoms with Gasteiger partial charge in [0.15, 0.2) is 0 Å². The van der Waals surface area contributed by atoms with Crippen LogP contribution in [0.15, 0.2) is 31.1 Å². The summed E-state index contributed by atoms with van der Waals surface area (Å²) in [7, 11) is 2.05. The molecule has 0 aromatic carbocycles. The van der Waals surface area contributed by atoms with Gasteiger partial charge in [0.05, 0.1) is 25.8 Å². The van der Waals surface area contributed by atoms with Crippen molar-refractivity contribution in [3.8, 4) is 0 Å². The summed E-state index contributed by atoms with van der Waals surface area (Å²) in [5.41, 5.74) is 0.455. The normalized spacial score (nSPS) is 11.2. The lowest BCUT2D eigenvalue weighted by atomic mass is 10.0. The maximum absolute atomic E-state index is 12.2. The lowest BCUT2D eigenvalue weighted by Crippen LogP contribution is -2.23. The van der Waals surface area contributed by atoms with Crippen LogP contribution in [0.4, 0.5) is 0 Å². The van der Waals surface area contributed by atoms with Crippen molar-refractivity contribution in [3.05, 3.63) is 42.5 Å². The Morgan fingerprint density at radius 2 is 1.32 bits per heavy atom. The first kappa shape index (κ1) is 31.0. The smallest absolute Gasteiger partial charge is 0.341 e. The van der Waals surface area contributed by atoms with Gasteiger partial charge in [0.1, 0.15) is 18.2 Å². The molecule has 0 N–H and O–H groups in total. The fourth-order valence-electron chi connectivity index (χ4n) is 4.70. The number of esters is 1. The molecule has 0 aliphatic carbocycles. The Hall–Kier alpha value is -2.24. The predicted octanol–water partition coefficient (Wildman–Crippen LogP) is 7.54. The van der Waals surface area contributed by atoms with Gasteiger partial charge in [0.2, 0.25) is 6.33 Å². The zero-order valence-corrected chi connectivity index (χ0v) is 23.8. The molecule has 0 bridgehead atoms. The van der Waals surface area contributed by atoms with Crippen molar-refractivity contribution < 1.29 is 14.1 Å². The van der Waals surface area contributed by atoms with Gasteiger partial charge in [-0.2, -0.15) is 0 Å². The highest BCUT2D eigenvalue weighted by Crippen LogP contribution is 2.13. The minimum atomic E-state index is -0.309. The first-order valence-electron chi connectivity index (χ1n) is 15.2. The number of carbonyl (C=O) groups excluding carboxylic acids is 1. The molecule has 37 heavy (non-hydrogen) atoms. The van der Waals surface area contributed by atoms with E-state index in [0.717, 1.165) is 38.1 Å². The second kappa shape index (κ2) is 20.8. The van der Waals surface area contributed by atoms with E-state index in [1.165, 1.54) is 96.3 Å². The van der Waals surface area contributed by atoms with Crippen LogP contribution in [0.1, 0.15) is 139 Å². The van der Waals surface area contributed by atoms with Crippen LogP contribution in [0.25, 0.3) is 0 Å².